The number of nitrogens with zero attached hydrogens (tertiary/aromatic N) is 1. The molecule has 1 heterocycles. The number of aryl methyl sites for hydroxylation is 1. The van der Waals surface area contributed by atoms with E-state index in [1.54, 1.807) is 7.11 Å². The number of methoxy groups -OCH3 is 1. The Labute approximate surface area is 143 Å². The van der Waals surface area contributed by atoms with Gasteiger partial charge in [0.05, 0.1) is 18.5 Å². The van der Waals surface area contributed by atoms with Crippen LogP contribution in [0.5, 0.6) is 5.75 Å². The molecule has 0 unspecified atom stereocenters. The topological polar surface area (TPSA) is 22.1 Å². The quantitative estimate of drug-likeness (QED) is 0.654. The highest BCUT2D eigenvalue weighted by Gasteiger charge is 2.19. The lowest BCUT2D eigenvalue weighted by Crippen LogP contribution is -2.07. The van der Waals surface area contributed by atoms with Crippen molar-refractivity contribution in [1.29, 1.82) is 0 Å². The monoisotopic (exact) mass is 315 g/mol. The summed E-state index contributed by atoms with van der Waals surface area (Å²) in [5, 5.41) is 0. The zero-order valence-electron chi connectivity index (χ0n) is 14.0. The second-order valence-electron chi connectivity index (χ2n) is 6.27. The standard InChI is InChI=1S/C22H21NO/c1-24-21-14-8-7-13-19(21)22-18-12-6-5-11-17(18)15-20(23-22)16-9-3-2-4-10-16/h2-4,7-10,13-15H,5-6,11-12H2,1H3. The van der Waals surface area contributed by atoms with Gasteiger partial charge in [0.1, 0.15) is 5.75 Å². The molecule has 1 aliphatic carbocycles. The highest BCUT2D eigenvalue weighted by molar-refractivity contribution is 5.75. The number of aromatic nitrogens is 1. The maximum Gasteiger partial charge on any atom is 0.128 e. The molecule has 2 heteroatoms. The highest BCUT2D eigenvalue weighted by atomic mass is 16.5. The number of pyridine rings is 1. The van der Waals surface area contributed by atoms with Gasteiger partial charge in [-0.2, -0.15) is 0 Å². The van der Waals surface area contributed by atoms with E-state index in [1.807, 2.05) is 18.2 Å². The maximum atomic E-state index is 5.60. The van der Waals surface area contributed by atoms with Crippen LogP contribution in [0.1, 0.15) is 24.0 Å². The first-order chi connectivity index (χ1) is 11.9. The van der Waals surface area contributed by atoms with Crippen molar-refractivity contribution in [2.24, 2.45) is 0 Å². The average molecular weight is 315 g/mol. The molecule has 0 saturated heterocycles. The Kier molecular flexibility index (Phi) is 4.04. The van der Waals surface area contributed by atoms with E-state index >= 15 is 0 Å². The zero-order valence-corrected chi connectivity index (χ0v) is 14.0. The summed E-state index contributed by atoms with van der Waals surface area (Å²) < 4.78 is 5.60. The number of rotatable bonds is 3. The van der Waals surface area contributed by atoms with E-state index in [4.69, 9.17) is 9.72 Å². The summed E-state index contributed by atoms with van der Waals surface area (Å²) in [4.78, 5) is 5.06. The largest absolute Gasteiger partial charge is 0.496 e. The van der Waals surface area contributed by atoms with Crippen LogP contribution in [0.4, 0.5) is 0 Å². The minimum Gasteiger partial charge on any atom is -0.496 e. The van der Waals surface area contributed by atoms with Gasteiger partial charge in [-0.3, -0.25) is 0 Å². The molecule has 0 atom stereocenters. The molecule has 4 rings (SSSR count). The fraction of sp³-hybridized carbons (Fsp3) is 0.227. The molecule has 0 N–H and O–H groups in total. The molecule has 0 amide bonds. The Hall–Kier alpha value is -2.61. The first-order valence-corrected chi connectivity index (χ1v) is 8.58. The van der Waals surface area contributed by atoms with Crippen LogP contribution in [0.2, 0.25) is 0 Å². The second-order valence-corrected chi connectivity index (χ2v) is 6.27. The predicted molar refractivity (Wildman–Crippen MR) is 98.3 cm³/mol. The van der Waals surface area contributed by atoms with Crippen LogP contribution in [0.15, 0.2) is 60.7 Å². The van der Waals surface area contributed by atoms with Crippen LogP contribution in [-0.2, 0) is 12.8 Å². The molecule has 120 valence electrons. The van der Waals surface area contributed by atoms with E-state index < -0.39 is 0 Å². The van der Waals surface area contributed by atoms with Crippen LogP contribution >= 0.6 is 0 Å². The SMILES string of the molecule is COc1ccccc1-c1nc(-c2ccccc2)cc2c1CCCC2. The molecule has 0 spiro atoms. The molecule has 2 aromatic carbocycles. The number of ether oxygens (including phenoxy) is 1. The molecule has 0 saturated carbocycles. The third-order valence-corrected chi connectivity index (χ3v) is 4.77. The number of fused-ring (bicyclic) bond motifs is 1. The van der Waals surface area contributed by atoms with Gasteiger partial charge in [0.2, 0.25) is 0 Å². The van der Waals surface area contributed by atoms with E-state index in [-0.39, 0.29) is 0 Å². The Balaban J connectivity index is 1.95. The van der Waals surface area contributed by atoms with Gasteiger partial charge in [0.15, 0.2) is 0 Å². The zero-order chi connectivity index (χ0) is 16.4. The smallest absolute Gasteiger partial charge is 0.128 e. The third-order valence-electron chi connectivity index (χ3n) is 4.77. The Morgan fingerprint density at radius 2 is 1.62 bits per heavy atom. The molecular weight excluding hydrogens is 294 g/mol. The van der Waals surface area contributed by atoms with E-state index in [1.165, 1.54) is 29.5 Å². The summed E-state index contributed by atoms with van der Waals surface area (Å²) in [7, 11) is 1.73. The minimum absolute atomic E-state index is 0.892. The molecule has 0 radical (unpaired) electrons. The summed E-state index contributed by atoms with van der Waals surface area (Å²) >= 11 is 0. The van der Waals surface area contributed by atoms with Gasteiger partial charge in [0.25, 0.3) is 0 Å². The van der Waals surface area contributed by atoms with E-state index in [0.717, 1.165) is 35.5 Å². The second kappa shape index (κ2) is 6.48. The molecule has 24 heavy (non-hydrogen) atoms. The van der Waals surface area contributed by atoms with E-state index in [9.17, 15) is 0 Å². The Morgan fingerprint density at radius 1 is 0.875 bits per heavy atom. The van der Waals surface area contributed by atoms with Crippen molar-refractivity contribution in [2.75, 3.05) is 7.11 Å². The molecule has 0 aliphatic heterocycles. The van der Waals surface area contributed by atoms with Gasteiger partial charge < -0.3 is 4.74 Å². The first-order valence-electron chi connectivity index (χ1n) is 8.58. The van der Waals surface area contributed by atoms with Crippen LogP contribution in [0, 0.1) is 0 Å². The van der Waals surface area contributed by atoms with Crippen molar-refractivity contribution in [3.05, 3.63) is 71.8 Å². The van der Waals surface area contributed by atoms with Crippen molar-refractivity contribution < 1.29 is 4.74 Å². The maximum absolute atomic E-state index is 5.60. The van der Waals surface area contributed by atoms with Crippen molar-refractivity contribution in [2.45, 2.75) is 25.7 Å². The minimum atomic E-state index is 0.892. The van der Waals surface area contributed by atoms with Crippen molar-refractivity contribution in [1.82, 2.24) is 4.98 Å². The molecule has 0 fully saturated rings. The lowest BCUT2D eigenvalue weighted by Gasteiger charge is -2.21. The molecule has 1 aromatic heterocycles. The fourth-order valence-corrected chi connectivity index (χ4v) is 3.56. The first kappa shape index (κ1) is 14.9. The summed E-state index contributed by atoms with van der Waals surface area (Å²) in [6.45, 7) is 0. The highest BCUT2D eigenvalue weighted by Crippen LogP contribution is 2.37. The van der Waals surface area contributed by atoms with Gasteiger partial charge in [-0.25, -0.2) is 4.98 Å². The third kappa shape index (κ3) is 2.69. The van der Waals surface area contributed by atoms with Crippen LogP contribution in [0.25, 0.3) is 22.5 Å². The fourth-order valence-electron chi connectivity index (χ4n) is 3.56. The van der Waals surface area contributed by atoms with Crippen LogP contribution < -0.4 is 4.74 Å². The molecular formula is C22H21NO. The lowest BCUT2D eigenvalue weighted by molar-refractivity contribution is 0.416. The molecule has 3 aromatic rings. The Morgan fingerprint density at radius 3 is 2.46 bits per heavy atom. The van der Waals surface area contributed by atoms with Crippen molar-refractivity contribution in [3.63, 3.8) is 0 Å². The number of hydrogen-bond acceptors (Lipinski definition) is 2. The molecule has 2 nitrogen and oxygen atoms in total. The summed E-state index contributed by atoms with van der Waals surface area (Å²) in [5.74, 6) is 0.892. The number of para-hydroxylation sites is 1. The van der Waals surface area contributed by atoms with E-state index in [2.05, 4.69) is 42.5 Å². The summed E-state index contributed by atoms with van der Waals surface area (Å²) in [6.07, 6.45) is 4.74. The summed E-state index contributed by atoms with van der Waals surface area (Å²) in [6, 6.07) is 20.9. The number of benzene rings is 2. The Bertz CT molecular complexity index is 855. The van der Waals surface area contributed by atoms with Gasteiger partial charge in [-0.15, -0.1) is 0 Å². The molecule has 0 bridgehead atoms. The van der Waals surface area contributed by atoms with Gasteiger partial charge in [0, 0.05) is 11.1 Å². The van der Waals surface area contributed by atoms with E-state index in [0.29, 0.717) is 0 Å². The lowest BCUT2D eigenvalue weighted by atomic mass is 9.87. The van der Waals surface area contributed by atoms with Crippen LogP contribution in [0.3, 0.4) is 0 Å². The average Bonchev–Trinajstić information content (AvgIpc) is 2.68. The van der Waals surface area contributed by atoms with Crippen molar-refractivity contribution in [3.8, 4) is 28.3 Å². The van der Waals surface area contributed by atoms with Gasteiger partial charge >= 0.3 is 0 Å². The predicted octanol–water partition coefficient (Wildman–Crippen LogP) is 5.30. The number of hydrogen-bond donors (Lipinski definition) is 0. The summed E-state index contributed by atoms with van der Waals surface area (Å²) in [5.41, 5.74) is 7.24. The van der Waals surface area contributed by atoms with Crippen molar-refractivity contribution >= 4 is 0 Å². The van der Waals surface area contributed by atoms with Crippen LogP contribution in [-0.4, -0.2) is 12.1 Å². The molecule has 1 aliphatic rings. The van der Waals surface area contributed by atoms with Gasteiger partial charge in [-0.05, 0) is 55.0 Å². The van der Waals surface area contributed by atoms with Gasteiger partial charge in [-0.1, -0.05) is 42.5 Å². The normalized spacial score (nSPS) is 13.4.